The Hall–Kier alpha value is -1.58. The number of benzene rings is 2. The number of nitrogens with zero attached hydrogens (tertiary/aromatic N) is 1. The number of pyridine rings is 1. The van der Waals surface area contributed by atoms with E-state index in [0.29, 0.717) is 5.92 Å². The Bertz CT molecular complexity index is 1130. The van der Waals surface area contributed by atoms with Gasteiger partial charge in [-0.25, -0.2) is 0 Å². The Morgan fingerprint density at radius 2 is 1.43 bits per heavy atom. The van der Waals surface area contributed by atoms with Crippen molar-refractivity contribution in [2.75, 3.05) is 0 Å². The number of aryl methyl sites for hydroxylation is 2. The Balaban J connectivity index is 0.000000200. The summed E-state index contributed by atoms with van der Waals surface area (Å²) >= 11 is 0. The van der Waals surface area contributed by atoms with Crippen LogP contribution in [0.15, 0.2) is 48.7 Å². The molecule has 3 nitrogen and oxygen atoms in total. The predicted octanol–water partition coefficient (Wildman–Crippen LogP) is 7.68. The minimum Gasteiger partial charge on any atom is -0.392 e. The van der Waals surface area contributed by atoms with Gasteiger partial charge in [0.2, 0.25) is 0 Å². The maximum atomic E-state index is 10.7. The number of aromatic nitrogens is 1. The second-order valence-corrected chi connectivity index (χ2v) is 11.4. The predicted molar refractivity (Wildman–Crippen MR) is 150 cm³/mol. The fourth-order valence-electron chi connectivity index (χ4n) is 7.41. The van der Waals surface area contributed by atoms with Gasteiger partial charge in [-0.2, -0.15) is 0 Å². The molecule has 4 heteroatoms. The van der Waals surface area contributed by atoms with E-state index in [1.54, 1.807) is 0 Å². The molecule has 2 aliphatic carbocycles. The molecular formula is C33H44IrNO2-. The molecule has 203 valence electrons. The second kappa shape index (κ2) is 12.1. The van der Waals surface area contributed by atoms with E-state index in [1.807, 2.05) is 12.3 Å². The summed E-state index contributed by atoms with van der Waals surface area (Å²) < 4.78 is 0. The molecular weight excluding hydrogens is 635 g/mol. The number of hydrogen-bond donors (Lipinski definition) is 2. The van der Waals surface area contributed by atoms with Crippen molar-refractivity contribution >= 4 is 10.8 Å². The molecule has 2 fully saturated rings. The first-order valence-electron chi connectivity index (χ1n) is 13.9. The van der Waals surface area contributed by atoms with Gasteiger partial charge in [-0.1, -0.05) is 65.8 Å². The molecule has 1 aromatic heterocycles. The van der Waals surface area contributed by atoms with Crippen LogP contribution in [0.5, 0.6) is 0 Å². The van der Waals surface area contributed by atoms with Gasteiger partial charge in [-0.15, -0.1) is 34.9 Å². The monoisotopic (exact) mass is 679 g/mol. The van der Waals surface area contributed by atoms with E-state index in [1.165, 1.54) is 16.3 Å². The summed E-state index contributed by atoms with van der Waals surface area (Å²) in [5, 5.41) is 23.9. The smallest absolute Gasteiger partial charge is 0.0651 e. The zero-order valence-corrected chi connectivity index (χ0v) is 25.7. The number of hydrogen-bond acceptors (Lipinski definition) is 3. The summed E-state index contributed by atoms with van der Waals surface area (Å²) in [7, 11) is 0. The number of aliphatic hydroxyl groups is 2. The molecule has 2 aromatic carbocycles. The maximum Gasteiger partial charge on any atom is 0.0651 e. The summed E-state index contributed by atoms with van der Waals surface area (Å²) in [5.41, 5.74) is 4.63. The molecule has 2 N–H and O–H groups in total. The Kier molecular flexibility index (Phi) is 9.78. The number of rotatable bonds is 5. The van der Waals surface area contributed by atoms with E-state index in [-0.39, 0.29) is 49.1 Å². The fourth-order valence-corrected chi connectivity index (χ4v) is 7.41. The van der Waals surface area contributed by atoms with E-state index in [0.717, 1.165) is 55.3 Å². The van der Waals surface area contributed by atoms with Gasteiger partial charge in [0.15, 0.2) is 0 Å². The molecule has 2 unspecified atom stereocenters. The molecule has 0 aliphatic heterocycles. The normalized spacial score (nSPS) is 25.2. The number of fused-ring (bicyclic) bond motifs is 2. The molecule has 3 aromatic rings. The first-order chi connectivity index (χ1) is 17.2. The van der Waals surface area contributed by atoms with Crippen LogP contribution in [0.4, 0.5) is 0 Å². The van der Waals surface area contributed by atoms with Crippen molar-refractivity contribution in [1.82, 2.24) is 4.98 Å². The van der Waals surface area contributed by atoms with Crippen LogP contribution in [-0.2, 0) is 20.1 Å². The zero-order valence-electron chi connectivity index (χ0n) is 23.3. The third kappa shape index (κ3) is 5.46. The second-order valence-electron chi connectivity index (χ2n) is 11.4. The van der Waals surface area contributed by atoms with E-state index in [2.05, 4.69) is 89.0 Å². The molecule has 2 saturated carbocycles. The van der Waals surface area contributed by atoms with Gasteiger partial charge in [-0.05, 0) is 77.8 Å². The SMILES string of the molecule is CCC1(CC)CC2CC(CC)(CC)C(O)C2C1O.Cc1[c-]c(-c2nccc3ccccc23)cc(C)c1.[Ir]. The van der Waals surface area contributed by atoms with Gasteiger partial charge in [0.1, 0.15) is 0 Å². The number of aliphatic hydroxyl groups excluding tert-OH is 2. The van der Waals surface area contributed by atoms with Gasteiger partial charge in [0.25, 0.3) is 0 Å². The Labute approximate surface area is 237 Å². The molecule has 2 atom stereocenters. The fraction of sp³-hybridized carbons (Fsp3) is 0.545. The van der Waals surface area contributed by atoms with Gasteiger partial charge in [0, 0.05) is 32.2 Å². The third-order valence-corrected chi connectivity index (χ3v) is 9.76. The van der Waals surface area contributed by atoms with Crippen LogP contribution in [-0.4, -0.2) is 27.4 Å². The van der Waals surface area contributed by atoms with Gasteiger partial charge < -0.3 is 15.2 Å². The van der Waals surface area contributed by atoms with E-state index >= 15 is 0 Å². The summed E-state index contributed by atoms with van der Waals surface area (Å²) in [6.45, 7) is 12.9. The van der Waals surface area contributed by atoms with Crippen molar-refractivity contribution < 1.29 is 30.3 Å². The molecule has 0 bridgehead atoms. The van der Waals surface area contributed by atoms with Crippen molar-refractivity contribution in [2.45, 2.75) is 92.3 Å². The standard InChI is InChI=1S/C17H14N.C16H30O2.Ir/c1-12-9-13(2)11-15(10-12)17-16-6-4-3-5-14(16)7-8-18-17;1-5-15(6-2)9-11-10-16(7-3,8-4)14(18)12(11)13(15)17;/h3-10H,1-2H3;11-14,17-18H,5-10H2,1-4H3;/q-1;;. The summed E-state index contributed by atoms with van der Waals surface area (Å²) in [5.74, 6) is 0.666. The molecule has 37 heavy (non-hydrogen) atoms. The van der Waals surface area contributed by atoms with E-state index < -0.39 is 0 Å². The van der Waals surface area contributed by atoms with Crippen molar-refractivity contribution in [3.8, 4) is 11.3 Å². The summed E-state index contributed by atoms with van der Waals surface area (Å²) in [6, 6.07) is 18.0. The van der Waals surface area contributed by atoms with Crippen molar-refractivity contribution in [3.05, 3.63) is 65.9 Å². The molecule has 2 aliphatic rings. The third-order valence-electron chi connectivity index (χ3n) is 9.76. The van der Waals surface area contributed by atoms with Crippen LogP contribution in [0.25, 0.3) is 22.0 Å². The van der Waals surface area contributed by atoms with Crippen LogP contribution in [0.3, 0.4) is 0 Å². The summed E-state index contributed by atoms with van der Waals surface area (Å²) in [6.07, 6.45) is 7.65. The average molecular weight is 679 g/mol. The van der Waals surface area contributed by atoms with E-state index in [4.69, 9.17) is 0 Å². The van der Waals surface area contributed by atoms with Gasteiger partial charge in [0.05, 0.1) is 12.2 Å². The van der Waals surface area contributed by atoms with Crippen LogP contribution in [0, 0.1) is 42.6 Å². The molecule has 0 amide bonds. The summed E-state index contributed by atoms with van der Waals surface area (Å²) in [4.78, 5) is 4.53. The zero-order chi connectivity index (χ0) is 26.1. The Morgan fingerprint density at radius 3 is 1.95 bits per heavy atom. The topological polar surface area (TPSA) is 53.4 Å². The molecule has 1 radical (unpaired) electrons. The van der Waals surface area contributed by atoms with Gasteiger partial charge >= 0.3 is 0 Å². The van der Waals surface area contributed by atoms with E-state index in [9.17, 15) is 10.2 Å². The minimum atomic E-state index is -0.299. The minimum absolute atomic E-state index is 0. The van der Waals surface area contributed by atoms with Crippen molar-refractivity contribution in [3.63, 3.8) is 0 Å². The van der Waals surface area contributed by atoms with Crippen LogP contribution >= 0.6 is 0 Å². The quantitative estimate of drug-likeness (QED) is 0.273. The average Bonchev–Trinajstić information content (AvgIpc) is 3.33. The van der Waals surface area contributed by atoms with Crippen LogP contribution in [0.2, 0.25) is 0 Å². The van der Waals surface area contributed by atoms with Crippen molar-refractivity contribution in [1.29, 1.82) is 0 Å². The molecule has 0 spiro atoms. The van der Waals surface area contributed by atoms with Crippen molar-refractivity contribution in [2.24, 2.45) is 22.7 Å². The molecule has 1 heterocycles. The Morgan fingerprint density at radius 1 is 0.865 bits per heavy atom. The molecule has 5 rings (SSSR count). The van der Waals surface area contributed by atoms with Crippen LogP contribution < -0.4 is 0 Å². The van der Waals surface area contributed by atoms with Crippen LogP contribution in [0.1, 0.15) is 77.3 Å². The first kappa shape index (κ1) is 30.0. The first-order valence-corrected chi connectivity index (χ1v) is 13.9. The maximum absolute atomic E-state index is 10.7. The largest absolute Gasteiger partial charge is 0.392 e. The molecule has 0 saturated heterocycles. The van der Waals surface area contributed by atoms with Gasteiger partial charge in [-0.3, -0.25) is 0 Å².